The number of esters is 1. The standard InChI is InChI=1S/C24H19NO7S/c1-15-22(24(28)31-14-16-6-3-2-4-7-16)20-13-18(10-11-21(20)32-15)25-33(29,30)19-9-5-8-17(12-19)23(26)27/h2-13,25H,14H2,1H3,(H,26,27). The van der Waals surface area contributed by atoms with Gasteiger partial charge in [-0.1, -0.05) is 36.4 Å². The second-order valence-corrected chi connectivity index (χ2v) is 8.93. The molecule has 1 heterocycles. The molecule has 1 aromatic heterocycles. The van der Waals surface area contributed by atoms with E-state index in [1.54, 1.807) is 13.0 Å². The van der Waals surface area contributed by atoms with E-state index in [1.165, 1.54) is 30.3 Å². The van der Waals surface area contributed by atoms with E-state index in [2.05, 4.69) is 4.72 Å². The first kappa shape index (κ1) is 22.1. The Morgan fingerprint density at radius 3 is 2.48 bits per heavy atom. The third kappa shape index (κ3) is 4.73. The minimum atomic E-state index is -4.07. The molecule has 8 nitrogen and oxygen atoms in total. The van der Waals surface area contributed by atoms with Crippen LogP contribution >= 0.6 is 0 Å². The van der Waals surface area contributed by atoms with Crippen molar-refractivity contribution in [1.29, 1.82) is 0 Å². The van der Waals surface area contributed by atoms with Crippen molar-refractivity contribution in [2.75, 3.05) is 4.72 Å². The third-order valence-corrected chi connectivity index (χ3v) is 6.30. The minimum absolute atomic E-state index is 0.0814. The Hall–Kier alpha value is -4.11. The molecule has 0 aliphatic rings. The van der Waals surface area contributed by atoms with E-state index in [-0.39, 0.29) is 28.3 Å². The van der Waals surface area contributed by atoms with E-state index in [9.17, 15) is 18.0 Å². The molecular formula is C24H19NO7S. The molecule has 3 aromatic carbocycles. The molecule has 0 saturated carbocycles. The number of nitrogens with one attached hydrogen (secondary N) is 1. The number of hydrogen-bond donors (Lipinski definition) is 2. The van der Waals surface area contributed by atoms with Gasteiger partial charge in [0, 0.05) is 11.1 Å². The van der Waals surface area contributed by atoms with Crippen LogP contribution < -0.4 is 4.72 Å². The summed E-state index contributed by atoms with van der Waals surface area (Å²) < 4.78 is 39.0. The molecule has 0 saturated heterocycles. The van der Waals surface area contributed by atoms with Crippen molar-refractivity contribution in [3.63, 3.8) is 0 Å². The van der Waals surface area contributed by atoms with Gasteiger partial charge in [-0.2, -0.15) is 0 Å². The van der Waals surface area contributed by atoms with E-state index in [0.717, 1.165) is 11.6 Å². The van der Waals surface area contributed by atoms with Crippen molar-refractivity contribution in [2.24, 2.45) is 0 Å². The highest BCUT2D eigenvalue weighted by molar-refractivity contribution is 7.92. The molecule has 0 atom stereocenters. The second kappa shape index (κ2) is 8.79. The third-order valence-electron chi connectivity index (χ3n) is 4.92. The van der Waals surface area contributed by atoms with E-state index in [1.807, 2.05) is 30.3 Å². The van der Waals surface area contributed by atoms with Crippen molar-refractivity contribution < 1.29 is 32.3 Å². The van der Waals surface area contributed by atoms with Crippen LogP contribution in [0, 0.1) is 6.92 Å². The van der Waals surface area contributed by atoms with Crippen molar-refractivity contribution in [3.05, 3.63) is 95.2 Å². The molecule has 0 aliphatic carbocycles. The molecule has 0 amide bonds. The lowest BCUT2D eigenvalue weighted by molar-refractivity contribution is 0.0472. The van der Waals surface area contributed by atoms with Crippen molar-refractivity contribution in [3.8, 4) is 0 Å². The van der Waals surface area contributed by atoms with Gasteiger partial charge in [0.2, 0.25) is 0 Å². The van der Waals surface area contributed by atoms with Gasteiger partial charge in [-0.15, -0.1) is 0 Å². The fourth-order valence-electron chi connectivity index (χ4n) is 3.34. The van der Waals surface area contributed by atoms with Crippen LogP contribution in [0.25, 0.3) is 11.0 Å². The van der Waals surface area contributed by atoms with Crippen LogP contribution in [0.4, 0.5) is 5.69 Å². The summed E-state index contributed by atoms with van der Waals surface area (Å²) in [7, 11) is -4.07. The van der Waals surface area contributed by atoms with Gasteiger partial charge in [-0.25, -0.2) is 18.0 Å². The number of carbonyl (C=O) groups excluding carboxylic acids is 1. The Morgan fingerprint density at radius 1 is 1.00 bits per heavy atom. The molecule has 0 radical (unpaired) electrons. The number of rotatable bonds is 7. The summed E-state index contributed by atoms with van der Waals surface area (Å²) in [5.41, 5.74) is 1.46. The maximum Gasteiger partial charge on any atom is 0.342 e. The summed E-state index contributed by atoms with van der Waals surface area (Å²) in [4.78, 5) is 23.7. The summed E-state index contributed by atoms with van der Waals surface area (Å²) in [6.07, 6.45) is 0. The molecule has 2 N–H and O–H groups in total. The first-order valence-electron chi connectivity index (χ1n) is 9.85. The number of benzene rings is 3. The lowest BCUT2D eigenvalue weighted by Crippen LogP contribution is -2.13. The Kier molecular flexibility index (Phi) is 5.89. The number of ether oxygens (including phenoxy) is 1. The summed E-state index contributed by atoms with van der Waals surface area (Å²) in [5.74, 6) is -1.48. The number of carboxylic acids is 1. The maximum absolute atomic E-state index is 12.8. The predicted octanol–water partition coefficient (Wildman–Crippen LogP) is 4.60. The monoisotopic (exact) mass is 465 g/mol. The van der Waals surface area contributed by atoms with Gasteiger partial charge in [0.25, 0.3) is 10.0 Å². The first-order chi connectivity index (χ1) is 15.7. The van der Waals surface area contributed by atoms with Gasteiger partial charge in [-0.3, -0.25) is 4.72 Å². The second-order valence-electron chi connectivity index (χ2n) is 7.24. The number of sulfonamides is 1. The van der Waals surface area contributed by atoms with E-state index < -0.39 is 22.0 Å². The average Bonchev–Trinajstić information content (AvgIpc) is 3.13. The lowest BCUT2D eigenvalue weighted by Gasteiger charge is -2.09. The van der Waals surface area contributed by atoms with Gasteiger partial charge in [0.1, 0.15) is 23.5 Å². The van der Waals surface area contributed by atoms with Crippen molar-refractivity contribution in [2.45, 2.75) is 18.4 Å². The van der Waals surface area contributed by atoms with Gasteiger partial charge < -0.3 is 14.3 Å². The molecule has 9 heteroatoms. The van der Waals surface area contributed by atoms with Gasteiger partial charge >= 0.3 is 11.9 Å². The number of hydrogen-bond acceptors (Lipinski definition) is 6. The zero-order valence-electron chi connectivity index (χ0n) is 17.4. The predicted molar refractivity (Wildman–Crippen MR) is 121 cm³/mol. The summed E-state index contributed by atoms with van der Waals surface area (Å²) in [6, 6.07) is 18.7. The Morgan fingerprint density at radius 2 is 1.76 bits per heavy atom. The average molecular weight is 465 g/mol. The smallest absolute Gasteiger partial charge is 0.342 e. The molecular weight excluding hydrogens is 446 g/mol. The normalized spacial score (nSPS) is 11.3. The Bertz CT molecular complexity index is 1460. The topological polar surface area (TPSA) is 123 Å². The molecule has 33 heavy (non-hydrogen) atoms. The van der Waals surface area contributed by atoms with Crippen LogP contribution in [-0.2, 0) is 21.4 Å². The van der Waals surface area contributed by atoms with E-state index in [0.29, 0.717) is 16.7 Å². The van der Waals surface area contributed by atoms with E-state index in [4.69, 9.17) is 14.3 Å². The quantitative estimate of drug-likeness (QED) is 0.383. The molecule has 4 aromatic rings. The van der Waals surface area contributed by atoms with Crippen LogP contribution in [0.5, 0.6) is 0 Å². The van der Waals surface area contributed by atoms with E-state index >= 15 is 0 Å². The SMILES string of the molecule is Cc1oc2ccc(NS(=O)(=O)c3cccc(C(=O)O)c3)cc2c1C(=O)OCc1ccccc1. The first-order valence-corrected chi connectivity index (χ1v) is 11.3. The van der Waals surface area contributed by atoms with Crippen LogP contribution in [0.3, 0.4) is 0 Å². The summed E-state index contributed by atoms with van der Waals surface area (Å²) in [6.45, 7) is 1.71. The lowest BCUT2D eigenvalue weighted by atomic mass is 10.1. The highest BCUT2D eigenvalue weighted by atomic mass is 32.2. The van der Waals surface area contributed by atoms with Crippen LogP contribution in [0.1, 0.15) is 32.0 Å². The van der Waals surface area contributed by atoms with Crippen LogP contribution in [0.15, 0.2) is 82.1 Å². The number of fused-ring (bicyclic) bond motifs is 1. The fraction of sp³-hybridized carbons (Fsp3) is 0.0833. The fourth-order valence-corrected chi connectivity index (χ4v) is 4.44. The minimum Gasteiger partial charge on any atom is -0.478 e. The zero-order valence-corrected chi connectivity index (χ0v) is 18.3. The number of furan rings is 1. The molecule has 0 unspecified atom stereocenters. The summed E-state index contributed by atoms with van der Waals surface area (Å²) >= 11 is 0. The van der Waals surface area contributed by atoms with Crippen LogP contribution in [-0.4, -0.2) is 25.5 Å². The highest BCUT2D eigenvalue weighted by Gasteiger charge is 2.22. The number of aryl methyl sites for hydroxylation is 1. The summed E-state index contributed by atoms with van der Waals surface area (Å²) in [5, 5.41) is 9.51. The molecule has 0 spiro atoms. The Balaban J connectivity index is 1.62. The van der Waals surface area contributed by atoms with Gasteiger partial charge in [0.15, 0.2) is 0 Å². The maximum atomic E-state index is 12.8. The van der Waals surface area contributed by atoms with Crippen molar-refractivity contribution >= 4 is 38.6 Å². The highest BCUT2D eigenvalue weighted by Crippen LogP contribution is 2.30. The van der Waals surface area contributed by atoms with Gasteiger partial charge in [-0.05, 0) is 48.9 Å². The number of aromatic carboxylic acids is 1. The molecule has 0 aliphatic heterocycles. The molecule has 0 bridgehead atoms. The molecule has 0 fully saturated rings. The number of carboxylic acid groups (broad SMARTS) is 1. The largest absolute Gasteiger partial charge is 0.478 e. The molecule has 4 rings (SSSR count). The van der Waals surface area contributed by atoms with Crippen molar-refractivity contribution in [1.82, 2.24) is 0 Å². The van der Waals surface area contributed by atoms with Gasteiger partial charge in [0.05, 0.1) is 10.5 Å². The number of anilines is 1. The van der Waals surface area contributed by atoms with Crippen LogP contribution in [0.2, 0.25) is 0 Å². The molecule has 168 valence electrons. The zero-order chi connectivity index (χ0) is 23.6. The Labute approximate surface area is 189 Å². The number of carbonyl (C=O) groups is 2.